The van der Waals surface area contributed by atoms with E-state index in [0.29, 0.717) is 42.9 Å². The van der Waals surface area contributed by atoms with Gasteiger partial charge in [0, 0.05) is 36.1 Å². The number of phenols is 1. The first-order valence-corrected chi connectivity index (χ1v) is 11.1. The minimum absolute atomic E-state index is 0.0640. The summed E-state index contributed by atoms with van der Waals surface area (Å²) < 4.78 is 53.8. The zero-order valence-corrected chi connectivity index (χ0v) is 18.1. The van der Waals surface area contributed by atoms with Crippen LogP contribution < -0.4 is 4.74 Å². The smallest absolute Gasteiger partial charge is 0.306 e. The number of fused-ring (bicyclic) bond motifs is 1. The number of halogens is 3. The van der Waals surface area contributed by atoms with Crippen molar-refractivity contribution in [2.75, 3.05) is 13.2 Å². The van der Waals surface area contributed by atoms with Crippen molar-refractivity contribution in [3.63, 3.8) is 0 Å². The molecule has 1 aromatic heterocycles. The van der Waals surface area contributed by atoms with Gasteiger partial charge in [0.15, 0.2) is 11.6 Å². The Hall–Kier alpha value is -3.33. The first-order valence-electron chi connectivity index (χ1n) is 11.1. The zero-order valence-electron chi connectivity index (χ0n) is 18.1. The van der Waals surface area contributed by atoms with Crippen LogP contribution in [0.5, 0.6) is 11.6 Å². The molecule has 5 rings (SSSR count). The quantitative estimate of drug-likeness (QED) is 0.532. The molecular formula is C25H22F3NO5. The Kier molecular flexibility index (Phi) is 5.81. The lowest BCUT2D eigenvalue weighted by Gasteiger charge is -2.33. The highest BCUT2D eigenvalue weighted by Crippen LogP contribution is 2.45. The molecular weight excluding hydrogens is 451 g/mol. The van der Waals surface area contributed by atoms with Crippen LogP contribution in [0, 0.1) is 23.4 Å². The van der Waals surface area contributed by atoms with Gasteiger partial charge in [0.25, 0.3) is 0 Å². The lowest BCUT2D eigenvalue weighted by molar-refractivity contribution is -0.148. The van der Waals surface area contributed by atoms with Crippen molar-refractivity contribution < 1.29 is 37.7 Å². The SMILES string of the molecule is O=C(O)C1CC(Oc2nc(C3CCOCC3)c(-c3ccc(F)c(F)c3)c3cc(F)cc(O)c23)C1. The molecule has 0 amide bonds. The van der Waals surface area contributed by atoms with Crippen LogP contribution in [0.2, 0.25) is 0 Å². The normalized spacial score (nSPS) is 20.8. The summed E-state index contributed by atoms with van der Waals surface area (Å²) in [6, 6.07) is 5.56. The summed E-state index contributed by atoms with van der Waals surface area (Å²) in [5.74, 6) is -4.67. The summed E-state index contributed by atoms with van der Waals surface area (Å²) in [6.45, 7) is 0.963. The first-order chi connectivity index (χ1) is 16.3. The van der Waals surface area contributed by atoms with E-state index in [1.807, 2.05) is 0 Å². The topological polar surface area (TPSA) is 88.9 Å². The number of carboxylic acids is 1. The number of pyridine rings is 1. The molecule has 2 heterocycles. The van der Waals surface area contributed by atoms with Crippen LogP contribution in [0.25, 0.3) is 21.9 Å². The van der Waals surface area contributed by atoms with Crippen LogP contribution in [-0.4, -0.2) is 40.5 Å². The molecule has 0 unspecified atom stereocenters. The number of hydrogen-bond acceptors (Lipinski definition) is 5. The summed E-state index contributed by atoms with van der Waals surface area (Å²) in [7, 11) is 0. The molecule has 2 aromatic carbocycles. The van der Waals surface area contributed by atoms with Crippen LogP contribution in [0.4, 0.5) is 13.2 Å². The van der Waals surface area contributed by atoms with Gasteiger partial charge in [-0.1, -0.05) is 6.07 Å². The number of rotatable bonds is 5. The monoisotopic (exact) mass is 473 g/mol. The molecule has 0 radical (unpaired) electrons. The highest BCUT2D eigenvalue weighted by atomic mass is 19.2. The van der Waals surface area contributed by atoms with E-state index in [1.54, 1.807) is 0 Å². The third-order valence-corrected chi connectivity index (χ3v) is 6.58. The lowest BCUT2D eigenvalue weighted by atomic mass is 9.82. The first kappa shape index (κ1) is 22.5. The lowest BCUT2D eigenvalue weighted by Crippen LogP contribution is -2.38. The molecule has 2 N–H and O–H groups in total. The third kappa shape index (κ3) is 4.04. The van der Waals surface area contributed by atoms with E-state index in [4.69, 9.17) is 19.6 Å². The van der Waals surface area contributed by atoms with Crippen molar-refractivity contribution in [1.82, 2.24) is 4.98 Å². The van der Waals surface area contributed by atoms with Crippen molar-refractivity contribution in [3.8, 4) is 22.8 Å². The Balaban J connectivity index is 1.71. The molecule has 178 valence electrons. The summed E-state index contributed by atoms with van der Waals surface area (Å²) in [4.78, 5) is 15.9. The van der Waals surface area contributed by atoms with Gasteiger partial charge < -0.3 is 19.7 Å². The van der Waals surface area contributed by atoms with Crippen molar-refractivity contribution in [2.24, 2.45) is 5.92 Å². The standard InChI is InChI=1S/C25H22F3NO5/c26-15-10-17-21(13-1-2-18(27)19(28)9-13)23(12-3-5-33-6-4-12)29-24(22(17)20(30)11-15)34-16-7-14(8-16)25(31)32/h1-2,9-12,14,16,30H,3-8H2,(H,31,32). The summed E-state index contributed by atoms with van der Waals surface area (Å²) in [5, 5.41) is 20.2. The van der Waals surface area contributed by atoms with Crippen LogP contribution >= 0.6 is 0 Å². The molecule has 0 spiro atoms. The molecule has 2 aliphatic rings. The Labute approximate surface area is 193 Å². The average molecular weight is 473 g/mol. The molecule has 0 bridgehead atoms. The van der Waals surface area contributed by atoms with Crippen LogP contribution in [-0.2, 0) is 9.53 Å². The summed E-state index contributed by atoms with van der Waals surface area (Å²) in [5.41, 5.74) is 1.19. The fourth-order valence-corrected chi connectivity index (χ4v) is 4.70. The molecule has 6 nitrogen and oxygen atoms in total. The molecule has 1 aliphatic carbocycles. The highest BCUT2D eigenvalue weighted by Gasteiger charge is 2.37. The van der Waals surface area contributed by atoms with Gasteiger partial charge in [-0.25, -0.2) is 18.2 Å². The molecule has 1 saturated carbocycles. The van der Waals surface area contributed by atoms with E-state index >= 15 is 0 Å². The maximum atomic E-state index is 14.5. The van der Waals surface area contributed by atoms with Crippen molar-refractivity contribution in [3.05, 3.63) is 53.5 Å². The van der Waals surface area contributed by atoms with Crippen LogP contribution in [0.3, 0.4) is 0 Å². The van der Waals surface area contributed by atoms with E-state index in [-0.39, 0.29) is 35.4 Å². The minimum Gasteiger partial charge on any atom is -0.507 e. The predicted molar refractivity (Wildman–Crippen MR) is 116 cm³/mol. The predicted octanol–water partition coefficient (Wildman–Crippen LogP) is 5.16. The highest BCUT2D eigenvalue weighted by molar-refractivity contribution is 6.03. The molecule has 1 aliphatic heterocycles. The number of carbonyl (C=O) groups is 1. The van der Waals surface area contributed by atoms with Crippen molar-refractivity contribution in [1.29, 1.82) is 0 Å². The number of aromatic hydroxyl groups is 1. The van der Waals surface area contributed by atoms with Crippen molar-refractivity contribution >= 4 is 16.7 Å². The van der Waals surface area contributed by atoms with Gasteiger partial charge in [-0.15, -0.1) is 0 Å². The second-order valence-corrected chi connectivity index (χ2v) is 8.79. The zero-order chi connectivity index (χ0) is 24.0. The second kappa shape index (κ2) is 8.79. The van der Waals surface area contributed by atoms with E-state index in [9.17, 15) is 23.1 Å². The molecule has 34 heavy (non-hydrogen) atoms. The van der Waals surface area contributed by atoms with E-state index in [1.165, 1.54) is 12.1 Å². The van der Waals surface area contributed by atoms with Gasteiger partial charge >= 0.3 is 5.97 Å². The number of ether oxygens (including phenoxy) is 2. The Morgan fingerprint density at radius 1 is 1.06 bits per heavy atom. The average Bonchev–Trinajstić information content (AvgIpc) is 2.77. The number of carboxylic acid groups (broad SMARTS) is 1. The maximum absolute atomic E-state index is 14.5. The number of aromatic nitrogens is 1. The largest absolute Gasteiger partial charge is 0.507 e. The maximum Gasteiger partial charge on any atom is 0.306 e. The summed E-state index contributed by atoms with van der Waals surface area (Å²) in [6.07, 6.45) is 1.38. The van der Waals surface area contributed by atoms with Gasteiger partial charge in [0.1, 0.15) is 17.7 Å². The van der Waals surface area contributed by atoms with Gasteiger partial charge in [-0.05, 0) is 49.4 Å². The Morgan fingerprint density at radius 3 is 2.47 bits per heavy atom. The van der Waals surface area contributed by atoms with E-state index in [0.717, 1.165) is 18.2 Å². The summed E-state index contributed by atoms with van der Waals surface area (Å²) >= 11 is 0. The molecule has 1 saturated heterocycles. The Bertz CT molecular complexity index is 1270. The fourth-order valence-electron chi connectivity index (χ4n) is 4.70. The fraction of sp³-hybridized carbons (Fsp3) is 0.360. The third-order valence-electron chi connectivity index (χ3n) is 6.58. The van der Waals surface area contributed by atoms with Crippen molar-refractivity contribution in [2.45, 2.75) is 37.7 Å². The van der Waals surface area contributed by atoms with Gasteiger partial charge in [0.05, 0.1) is 17.0 Å². The van der Waals surface area contributed by atoms with Gasteiger partial charge in [0.2, 0.25) is 5.88 Å². The second-order valence-electron chi connectivity index (χ2n) is 8.79. The number of aliphatic carboxylic acids is 1. The molecule has 3 aromatic rings. The van der Waals surface area contributed by atoms with E-state index in [2.05, 4.69) is 0 Å². The van der Waals surface area contributed by atoms with Gasteiger partial charge in [-0.2, -0.15) is 0 Å². The Morgan fingerprint density at radius 2 is 1.79 bits per heavy atom. The van der Waals surface area contributed by atoms with Crippen LogP contribution in [0.15, 0.2) is 30.3 Å². The molecule has 2 fully saturated rings. The van der Waals surface area contributed by atoms with Crippen LogP contribution in [0.1, 0.15) is 37.3 Å². The number of phenolic OH excluding ortho intramolecular Hbond substituents is 1. The molecule has 0 atom stereocenters. The van der Waals surface area contributed by atoms with Gasteiger partial charge in [-0.3, -0.25) is 4.79 Å². The minimum atomic E-state index is -1.06. The number of hydrogen-bond donors (Lipinski definition) is 2. The number of benzene rings is 2. The van der Waals surface area contributed by atoms with E-state index < -0.39 is 41.2 Å². The molecule has 9 heteroatoms. The number of nitrogens with zero attached hydrogens (tertiary/aromatic N) is 1.